The number of hydrogen-bond donors (Lipinski definition) is 3. The van der Waals surface area contributed by atoms with Crippen LogP contribution in [0.1, 0.15) is 79.5 Å². The average Bonchev–Trinajstić information content (AvgIpc) is 3.46. The number of amides is 1. The number of nitrogens with zero attached hydrogens (tertiary/aromatic N) is 6. The SMILES string of the molecule is Cc1[nH]ncc1Nc1nccc(-c2cc3c(cn2)[C@@H](NC(=O)c2nnc(C(C)(C)C)o2)CCCC3)n1. The van der Waals surface area contributed by atoms with Crippen LogP contribution in [0, 0.1) is 6.92 Å². The molecule has 0 spiro atoms. The first-order valence-electron chi connectivity index (χ1n) is 12.0. The van der Waals surface area contributed by atoms with E-state index in [1.165, 1.54) is 0 Å². The standard InChI is InChI=1S/C25H29N9O2/c1-14-20(13-28-32-14)31-24-26-10-9-18(30-24)19-11-15-7-5-6-8-17(16(15)12-27-19)29-21(35)22-33-34-23(36-22)25(2,3)4/h9-13,17H,5-8H2,1-4H3,(H,28,32)(H,29,35)(H,26,30,31)/t17-/m0/s1. The molecule has 1 aliphatic carbocycles. The molecule has 1 aliphatic rings. The minimum atomic E-state index is -0.374. The molecule has 1 atom stereocenters. The van der Waals surface area contributed by atoms with Gasteiger partial charge in [0, 0.05) is 17.8 Å². The molecule has 0 fully saturated rings. The number of pyridine rings is 1. The highest BCUT2D eigenvalue weighted by molar-refractivity contribution is 5.89. The molecule has 0 aliphatic heterocycles. The topological polar surface area (TPSA) is 147 Å². The maximum Gasteiger partial charge on any atom is 0.309 e. The Bertz CT molecular complexity index is 1390. The highest BCUT2D eigenvalue weighted by Crippen LogP contribution is 2.31. The van der Waals surface area contributed by atoms with Crippen LogP contribution >= 0.6 is 0 Å². The Morgan fingerprint density at radius 1 is 1.14 bits per heavy atom. The number of anilines is 2. The van der Waals surface area contributed by atoms with Crippen LogP contribution in [-0.2, 0) is 11.8 Å². The molecule has 11 nitrogen and oxygen atoms in total. The number of aryl methyl sites for hydroxylation is 2. The van der Waals surface area contributed by atoms with Gasteiger partial charge in [0.25, 0.3) is 0 Å². The van der Waals surface area contributed by atoms with E-state index >= 15 is 0 Å². The van der Waals surface area contributed by atoms with E-state index in [1.807, 2.05) is 40.0 Å². The molecule has 0 radical (unpaired) electrons. The second-order valence-electron chi connectivity index (χ2n) is 10.0. The number of carbonyl (C=O) groups is 1. The fraction of sp³-hybridized carbons (Fsp3) is 0.400. The summed E-state index contributed by atoms with van der Waals surface area (Å²) in [5.74, 6) is 0.500. The van der Waals surface area contributed by atoms with Crippen molar-refractivity contribution < 1.29 is 9.21 Å². The summed E-state index contributed by atoms with van der Waals surface area (Å²) in [7, 11) is 0. The number of nitrogens with one attached hydrogen (secondary N) is 3. The van der Waals surface area contributed by atoms with Crippen LogP contribution < -0.4 is 10.6 Å². The maximum absolute atomic E-state index is 12.9. The van der Waals surface area contributed by atoms with E-state index in [0.717, 1.165) is 53.9 Å². The lowest BCUT2D eigenvalue weighted by Crippen LogP contribution is -2.29. The van der Waals surface area contributed by atoms with Crippen LogP contribution in [0.5, 0.6) is 0 Å². The van der Waals surface area contributed by atoms with Crippen LogP contribution in [0.4, 0.5) is 11.6 Å². The van der Waals surface area contributed by atoms with E-state index in [9.17, 15) is 4.79 Å². The Kier molecular flexibility index (Phi) is 6.21. The second kappa shape index (κ2) is 9.48. The van der Waals surface area contributed by atoms with E-state index in [4.69, 9.17) is 4.42 Å². The van der Waals surface area contributed by atoms with E-state index in [1.54, 1.807) is 12.4 Å². The Labute approximate surface area is 208 Å². The molecular weight excluding hydrogens is 458 g/mol. The van der Waals surface area contributed by atoms with E-state index in [2.05, 4.69) is 52.0 Å². The number of rotatable bonds is 5. The molecule has 0 bridgehead atoms. The number of carbonyl (C=O) groups excluding carboxylic acids is 1. The number of fused-ring (bicyclic) bond motifs is 1. The molecular formula is C25H29N9O2. The van der Waals surface area contributed by atoms with E-state index < -0.39 is 0 Å². The van der Waals surface area contributed by atoms with Gasteiger partial charge in [-0.05, 0) is 49.4 Å². The third-order valence-electron chi connectivity index (χ3n) is 6.15. The van der Waals surface area contributed by atoms with Gasteiger partial charge in [0.05, 0.1) is 35.0 Å². The van der Waals surface area contributed by atoms with E-state index in [-0.39, 0.29) is 23.3 Å². The zero-order valence-corrected chi connectivity index (χ0v) is 20.8. The molecule has 4 aromatic heterocycles. The lowest BCUT2D eigenvalue weighted by atomic mass is 9.97. The quantitative estimate of drug-likeness (QED) is 0.352. The summed E-state index contributed by atoms with van der Waals surface area (Å²) in [5, 5.41) is 21.1. The van der Waals surface area contributed by atoms with Crippen molar-refractivity contribution in [2.24, 2.45) is 0 Å². The summed E-state index contributed by atoms with van der Waals surface area (Å²) in [4.78, 5) is 26.5. The number of aromatic nitrogens is 7. The summed E-state index contributed by atoms with van der Waals surface area (Å²) >= 11 is 0. The van der Waals surface area contributed by atoms with Crippen molar-refractivity contribution in [3.8, 4) is 11.4 Å². The predicted molar refractivity (Wildman–Crippen MR) is 133 cm³/mol. The summed E-state index contributed by atoms with van der Waals surface area (Å²) in [6, 6.07) is 3.70. The van der Waals surface area contributed by atoms with Gasteiger partial charge in [0.1, 0.15) is 0 Å². The van der Waals surface area contributed by atoms with Gasteiger partial charge < -0.3 is 15.1 Å². The number of H-pyrrole nitrogens is 1. The van der Waals surface area contributed by atoms with Gasteiger partial charge in [-0.15, -0.1) is 10.2 Å². The van der Waals surface area contributed by atoms with Gasteiger partial charge in [0.15, 0.2) is 0 Å². The lowest BCUT2D eigenvalue weighted by Gasteiger charge is -2.19. The minimum Gasteiger partial charge on any atom is -0.416 e. The molecule has 0 unspecified atom stereocenters. The Balaban J connectivity index is 1.37. The zero-order chi connectivity index (χ0) is 25.3. The lowest BCUT2D eigenvalue weighted by molar-refractivity contribution is 0.0896. The second-order valence-corrected chi connectivity index (χ2v) is 10.0. The number of aromatic amines is 1. The van der Waals surface area contributed by atoms with Crippen molar-refractivity contribution in [1.82, 2.24) is 40.7 Å². The van der Waals surface area contributed by atoms with Crippen LogP contribution in [0.25, 0.3) is 11.4 Å². The smallest absolute Gasteiger partial charge is 0.309 e. The molecule has 0 aromatic carbocycles. The maximum atomic E-state index is 12.9. The van der Waals surface area contributed by atoms with Gasteiger partial charge in [-0.2, -0.15) is 5.10 Å². The first-order chi connectivity index (χ1) is 17.3. The summed E-state index contributed by atoms with van der Waals surface area (Å²) < 4.78 is 5.63. The summed E-state index contributed by atoms with van der Waals surface area (Å²) in [6.45, 7) is 7.80. The highest BCUT2D eigenvalue weighted by atomic mass is 16.4. The van der Waals surface area contributed by atoms with Gasteiger partial charge in [-0.1, -0.05) is 27.2 Å². The third kappa shape index (κ3) is 4.95. The molecule has 3 N–H and O–H groups in total. The highest BCUT2D eigenvalue weighted by Gasteiger charge is 2.27. The van der Waals surface area contributed by atoms with Crippen LogP contribution in [0.2, 0.25) is 0 Å². The Hall–Kier alpha value is -4.15. The largest absolute Gasteiger partial charge is 0.416 e. The van der Waals surface area contributed by atoms with Gasteiger partial charge in [-0.3, -0.25) is 14.9 Å². The molecule has 186 valence electrons. The van der Waals surface area contributed by atoms with Gasteiger partial charge in [-0.25, -0.2) is 9.97 Å². The molecule has 36 heavy (non-hydrogen) atoms. The zero-order valence-electron chi connectivity index (χ0n) is 20.8. The van der Waals surface area contributed by atoms with Gasteiger partial charge >= 0.3 is 11.8 Å². The van der Waals surface area contributed by atoms with Crippen molar-refractivity contribution in [1.29, 1.82) is 0 Å². The summed E-state index contributed by atoms with van der Waals surface area (Å²) in [5.41, 5.74) is 4.99. The molecule has 5 rings (SSSR count). The Morgan fingerprint density at radius 2 is 2.00 bits per heavy atom. The fourth-order valence-corrected chi connectivity index (χ4v) is 4.14. The third-order valence-corrected chi connectivity index (χ3v) is 6.15. The predicted octanol–water partition coefficient (Wildman–Crippen LogP) is 4.19. The van der Waals surface area contributed by atoms with Crippen molar-refractivity contribution in [3.63, 3.8) is 0 Å². The number of hydrogen-bond acceptors (Lipinski definition) is 9. The van der Waals surface area contributed by atoms with Crippen molar-refractivity contribution >= 4 is 17.5 Å². The first kappa shape index (κ1) is 23.6. The molecule has 0 saturated carbocycles. The normalized spacial score (nSPS) is 15.7. The van der Waals surface area contributed by atoms with E-state index in [0.29, 0.717) is 17.5 Å². The fourth-order valence-electron chi connectivity index (χ4n) is 4.14. The minimum absolute atomic E-state index is 0.0239. The summed E-state index contributed by atoms with van der Waals surface area (Å²) in [6.07, 6.45) is 8.95. The first-order valence-corrected chi connectivity index (χ1v) is 12.0. The molecule has 11 heteroatoms. The molecule has 4 aromatic rings. The van der Waals surface area contributed by atoms with Gasteiger partial charge in [0.2, 0.25) is 11.8 Å². The molecule has 1 amide bonds. The Morgan fingerprint density at radius 3 is 2.75 bits per heavy atom. The monoisotopic (exact) mass is 487 g/mol. The van der Waals surface area contributed by atoms with Crippen LogP contribution in [0.3, 0.4) is 0 Å². The van der Waals surface area contributed by atoms with Crippen molar-refractivity contribution in [3.05, 3.63) is 59.3 Å². The molecule has 4 heterocycles. The van der Waals surface area contributed by atoms with Crippen LogP contribution in [0.15, 0.2) is 35.1 Å². The van der Waals surface area contributed by atoms with Crippen molar-refractivity contribution in [2.75, 3.05) is 5.32 Å². The van der Waals surface area contributed by atoms with Crippen molar-refractivity contribution in [2.45, 2.75) is 64.8 Å². The molecule has 0 saturated heterocycles. The van der Waals surface area contributed by atoms with Crippen LogP contribution in [-0.4, -0.2) is 41.3 Å². The average molecular weight is 488 g/mol.